The number of para-hydroxylation sites is 1. The van der Waals surface area contributed by atoms with Crippen molar-refractivity contribution in [1.29, 1.82) is 0 Å². The molecule has 105 heavy (non-hydrogen) atoms. The van der Waals surface area contributed by atoms with Crippen LogP contribution in [0.1, 0.15) is 62.9 Å². The first-order chi connectivity index (χ1) is 50.4. The number of nitrogens with zero attached hydrogens (tertiary/aromatic N) is 4. The van der Waals surface area contributed by atoms with Crippen molar-refractivity contribution in [1.82, 2.24) is 29.9 Å². The molecular weight excluding hydrogens is 1700 g/mol. The third-order valence-corrected chi connectivity index (χ3v) is 18.2. The molecule has 11 aromatic rings. The van der Waals surface area contributed by atoms with Gasteiger partial charge in [0.2, 0.25) is 0 Å². The summed E-state index contributed by atoms with van der Waals surface area (Å²) in [5, 5.41) is 21.6. The van der Waals surface area contributed by atoms with Gasteiger partial charge in [-0.05, 0) is 262 Å². The van der Waals surface area contributed by atoms with Gasteiger partial charge >= 0.3 is 11.6 Å². The number of esters is 1. The summed E-state index contributed by atoms with van der Waals surface area (Å²) in [4.78, 5) is 93.7. The van der Waals surface area contributed by atoms with Gasteiger partial charge in [0, 0.05) is 71.6 Å². The number of methoxy groups -OCH3 is 2. The maximum atomic E-state index is 12.2. The van der Waals surface area contributed by atoms with E-state index in [1.54, 1.807) is 112 Å². The fourth-order valence-corrected chi connectivity index (χ4v) is 13.6. The molecule has 30 heteroatoms. The van der Waals surface area contributed by atoms with Crippen molar-refractivity contribution < 1.29 is 61.9 Å². The zero-order valence-electron chi connectivity index (χ0n) is 55.8. The summed E-state index contributed by atoms with van der Waals surface area (Å²) in [5.41, 5.74) is 9.48. The van der Waals surface area contributed by atoms with Crippen LogP contribution in [-0.4, -0.2) is 78.8 Å². The Balaban J connectivity index is 0.000000132. The Morgan fingerprint density at radius 1 is 0.581 bits per heavy atom. The minimum Gasteiger partial charge on any atom is -0.506 e. The Hall–Kier alpha value is -11.0. The number of aromatic nitrogens is 6. The van der Waals surface area contributed by atoms with Gasteiger partial charge in [-0.1, -0.05) is 29.8 Å². The summed E-state index contributed by atoms with van der Waals surface area (Å²) in [6.45, 7) is 7.26. The molecule has 7 N–H and O–H groups in total. The SMILES string of the molecule is CC(=O)Oc1c(Br)cc(Cc2cc3ccccc3oc2=O)cc1Br.COc1cc(/C=C2\Oc3ccc(Cl)nc3NC2=O)cc(C)c1OC.Cc1cc(C)c(/C=C2\C(=O)Nc3ncccc32)[nH]1.O=C1Nc2nc(Br)ccc2O/C1=C\c1cc(Br)c(O)c(Br)c1.O=C1Nc2ncccc2O/C1=C\c1ccc[nH]1. The van der Waals surface area contributed by atoms with Crippen molar-refractivity contribution in [3.63, 3.8) is 0 Å². The molecule has 0 radical (unpaired) electrons. The normalized spacial score (nSPS) is 14.4. The number of hydrogen-bond acceptors (Lipinski definition) is 18. The van der Waals surface area contributed by atoms with Crippen molar-refractivity contribution in [3.05, 3.63) is 263 Å². The van der Waals surface area contributed by atoms with E-state index in [1.165, 1.54) is 6.92 Å². The van der Waals surface area contributed by atoms with Gasteiger partial charge < -0.3 is 69.2 Å². The quantitative estimate of drug-likeness (QED) is 0.0232. The van der Waals surface area contributed by atoms with Crippen molar-refractivity contribution >= 4 is 185 Å². The van der Waals surface area contributed by atoms with Crippen LogP contribution in [0.5, 0.6) is 40.2 Å². The van der Waals surface area contributed by atoms with Crippen LogP contribution in [0, 0.1) is 20.8 Å². The molecule has 0 fully saturated rings. The van der Waals surface area contributed by atoms with Crippen molar-refractivity contribution in [2.75, 3.05) is 35.5 Å². The predicted octanol–water partition coefficient (Wildman–Crippen LogP) is 17.0. The minimum atomic E-state index is -0.403. The highest BCUT2D eigenvalue weighted by Gasteiger charge is 2.28. The van der Waals surface area contributed by atoms with Gasteiger partial charge in [0.1, 0.15) is 26.9 Å². The van der Waals surface area contributed by atoms with E-state index in [-0.39, 0.29) is 45.6 Å². The molecular formula is C75H56Br5ClN10O14. The number of amides is 4. The van der Waals surface area contributed by atoms with E-state index >= 15 is 0 Å². The summed E-state index contributed by atoms with van der Waals surface area (Å²) in [5.74, 6) is 3.86. The number of aromatic amines is 2. The fourth-order valence-electron chi connectivity index (χ4n) is 10.5. The molecule has 11 heterocycles. The lowest BCUT2D eigenvalue weighted by Crippen LogP contribution is -2.24. The average molecular weight is 1760 g/mol. The first-order valence-electron chi connectivity index (χ1n) is 31.1. The molecule has 532 valence electrons. The number of ether oxygens (including phenoxy) is 6. The topological polar surface area (TPSA) is 322 Å². The second-order valence-corrected chi connectivity index (χ2v) is 27.4. The van der Waals surface area contributed by atoms with Gasteiger partial charge in [-0.25, -0.2) is 24.7 Å². The largest absolute Gasteiger partial charge is 0.506 e. The lowest BCUT2D eigenvalue weighted by Gasteiger charge is -2.19. The number of carbonyl (C=O) groups is 5. The second kappa shape index (κ2) is 33.7. The number of halogens is 6. The summed E-state index contributed by atoms with van der Waals surface area (Å²) < 4.78 is 40.7. The van der Waals surface area contributed by atoms with Gasteiger partial charge in [-0.15, -0.1) is 0 Å². The molecule has 0 spiro atoms. The Kier molecular flexibility index (Phi) is 24.1. The highest BCUT2D eigenvalue weighted by Crippen LogP contribution is 2.40. The highest BCUT2D eigenvalue weighted by atomic mass is 79.9. The number of benzene rings is 4. The van der Waals surface area contributed by atoms with Crippen LogP contribution in [0.3, 0.4) is 0 Å². The molecule has 0 bridgehead atoms. The van der Waals surface area contributed by atoms with Crippen LogP contribution in [0.25, 0.3) is 40.8 Å². The van der Waals surface area contributed by atoms with E-state index in [4.69, 9.17) is 44.4 Å². The maximum Gasteiger partial charge on any atom is 0.339 e. The molecule has 0 aliphatic carbocycles. The first kappa shape index (κ1) is 75.2. The van der Waals surface area contributed by atoms with Gasteiger partial charge in [0.25, 0.3) is 23.6 Å². The number of nitrogens with one attached hydrogen (secondary N) is 6. The summed E-state index contributed by atoms with van der Waals surface area (Å²) >= 11 is 22.3. The molecule has 24 nitrogen and oxygen atoms in total. The molecule has 4 aliphatic heterocycles. The number of pyridine rings is 4. The van der Waals surface area contributed by atoms with E-state index in [1.807, 2.05) is 93.6 Å². The number of rotatable bonds is 9. The van der Waals surface area contributed by atoms with Crippen LogP contribution >= 0.6 is 91.3 Å². The number of phenolic OH excluding ortho intramolecular Hbond substituents is 1. The molecule has 0 unspecified atom stereocenters. The van der Waals surface area contributed by atoms with Gasteiger partial charge in [-0.3, -0.25) is 24.0 Å². The Labute approximate surface area is 645 Å². The van der Waals surface area contributed by atoms with Crippen LogP contribution in [-0.2, 0) is 30.4 Å². The van der Waals surface area contributed by atoms with Crippen molar-refractivity contribution in [2.24, 2.45) is 0 Å². The molecule has 0 saturated carbocycles. The van der Waals surface area contributed by atoms with Gasteiger partial charge in [0.15, 0.2) is 69.2 Å². The smallest absolute Gasteiger partial charge is 0.339 e. The molecule has 4 aliphatic rings. The van der Waals surface area contributed by atoms with Crippen molar-refractivity contribution in [2.45, 2.75) is 34.1 Å². The highest BCUT2D eigenvalue weighted by molar-refractivity contribution is 9.11. The summed E-state index contributed by atoms with van der Waals surface area (Å²) in [6.07, 6.45) is 12.2. The van der Waals surface area contributed by atoms with E-state index in [0.29, 0.717) is 109 Å². The maximum absolute atomic E-state index is 12.2. The van der Waals surface area contributed by atoms with Gasteiger partial charge in [0.05, 0.1) is 37.7 Å². The number of aromatic hydroxyl groups is 1. The van der Waals surface area contributed by atoms with Gasteiger partial charge in [-0.2, -0.15) is 0 Å². The number of carbonyl (C=O) groups excluding carboxylic acids is 5. The number of fused-ring (bicyclic) bond motifs is 5. The predicted molar refractivity (Wildman–Crippen MR) is 415 cm³/mol. The zero-order valence-corrected chi connectivity index (χ0v) is 64.4. The lowest BCUT2D eigenvalue weighted by atomic mass is 10.1. The van der Waals surface area contributed by atoms with Crippen molar-refractivity contribution in [3.8, 4) is 40.2 Å². The molecule has 0 atom stereocenters. The zero-order chi connectivity index (χ0) is 74.8. The summed E-state index contributed by atoms with van der Waals surface area (Å²) in [7, 11) is 3.14. The Bertz CT molecular complexity index is 5420. The number of H-pyrrole nitrogens is 2. The molecule has 7 aromatic heterocycles. The summed E-state index contributed by atoms with van der Waals surface area (Å²) in [6, 6.07) is 39.5. The third kappa shape index (κ3) is 18.7. The average Bonchev–Trinajstić information content (AvgIpc) is 1.20. The number of phenols is 1. The van der Waals surface area contributed by atoms with E-state index < -0.39 is 17.8 Å². The van der Waals surface area contributed by atoms with E-state index in [0.717, 1.165) is 50.3 Å². The standard InChI is InChI=1S/C18H12Br2O4.C17H15ClN2O4.C14H7Br3N2O3.C14H13N3O.C12H9N3O2/c1-10(21)23-17-14(19)7-11(8-15(17)20)6-13-9-12-4-2-3-5-16(12)24-18(13)22;1-9-6-10(7-12(22-2)15(9)23-3)8-13-17(21)20-16-11(24-13)4-5-14(18)19-16;15-7-3-6(4-8(16)12(7)20)5-10-14(21)19-13-9(22-10)1-2-11(17)18-13;1-8-6-9(2)16-12(8)7-11-10-4-3-5-15-13(10)17-14(11)18;16-12-10(7-8-3-1-5-13-8)17-9-4-2-6-14-11(9)15-12/h2-5,7-9H,6H2,1H3;4-8H,1-3H3,(H,19,20,21);1-5,20H,(H,18,19,21);3-7,16H,1-2H3,(H,15,17,18);1-7,13H,(H,14,15,16)/b;13-8-;10-5-;11-7-;10-7-. The van der Waals surface area contributed by atoms with Crippen LogP contribution in [0.2, 0.25) is 5.15 Å². The molecule has 4 aromatic carbocycles. The number of hydrogen-bond donors (Lipinski definition) is 7. The molecule has 15 rings (SSSR count). The van der Waals surface area contributed by atoms with Crippen LogP contribution in [0.4, 0.5) is 23.3 Å². The third-order valence-electron chi connectivity index (χ3n) is 15.1. The minimum absolute atomic E-state index is 0.0931. The molecule has 4 amide bonds. The van der Waals surface area contributed by atoms with E-state index in [9.17, 15) is 33.9 Å². The fraction of sp³-hybridized carbons (Fsp3) is 0.0933. The first-order valence-corrected chi connectivity index (χ1v) is 35.5. The van der Waals surface area contributed by atoms with Crippen LogP contribution < -0.4 is 55.3 Å². The lowest BCUT2D eigenvalue weighted by molar-refractivity contribution is -0.132. The van der Waals surface area contributed by atoms with Crippen LogP contribution in [0.15, 0.2) is 201 Å². The monoisotopic (exact) mass is 1750 g/mol. The number of anilines is 4. The Morgan fingerprint density at radius 3 is 1.81 bits per heavy atom. The number of aryl methyl sites for hydroxylation is 3. The second-order valence-electron chi connectivity index (χ2n) is 22.8. The van der Waals surface area contributed by atoms with E-state index in [2.05, 4.69) is 137 Å². The molecule has 0 saturated heterocycles. The Morgan fingerprint density at radius 2 is 1.18 bits per heavy atom.